The minimum atomic E-state index is 0.295. The minimum absolute atomic E-state index is 0.295. The second kappa shape index (κ2) is 7.36. The Bertz CT molecular complexity index is 559. The Morgan fingerprint density at radius 3 is 2.71 bits per heavy atom. The first kappa shape index (κ1) is 15.7. The number of pyridine rings is 1. The molecular formula is C17H26N4. The van der Waals surface area contributed by atoms with Gasteiger partial charge in [0.1, 0.15) is 0 Å². The van der Waals surface area contributed by atoms with E-state index in [0.29, 0.717) is 12.1 Å². The van der Waals surface area contributed by atoms with Gasteiger partial charge in [-0.2, -0.15) is 5.10 Å². The molecule has 2 aromatic rings. The van der Waals surface area contributed by atoms with E-state index in [1.807, 2.05) is 17.1 Å². The maximum atomic E-state index is 4.67. The molecule has 2 heterocycles. The van der Waals surface area contributed by atoms with Gasteiger partial charge in [0.2, 0.25) is 0 Å². The fraction of sp³-hybridized carbons (Fsp3) is 0.529. The molecule has 1 N–H and O–H groups in total. The van der Waals surface area contributed by atoms with Gasteiger partial charge in [-0.25, -0.2) is 0 Å². The molecule has 114 valence electrons. The molecule has 0 radical (unpaired) electrons. The topological polar surface area (TPSA) is 42.7 Å². The SMILES string of the molecule is CCCNC(Cc1ccn(C(C)C)n1)c1ccncc1C. The predicted octanol–water partition coefficient (Wildman–Crippen LogP) is 3.45. The Kier molecular flexibility index (Phi) is 5.51. The first-order valence-electron chi connectivity index (χ1n) is 7.79. The molecule has 21 heavy (non-hydrogen) atoms. The van der Waals surface area contributed by atoms with Crippen molar-refractivity contribution in [1.82, 2.24) is 20.1 Å². The molecule has 0 aromatic carbocycles. The molecule has 4 nitrogen and oxygen atoms in total. The maximum Gasteiger partial charge on any atom is 0.0643 e. The molecule has 0 aliphatic carbocycles. The van der Waals surface area contributed by atoms with Gasteiger partial charge < -0.3 is 5.32 Å². The third-order valence-electron chi connectivity index (χ3n) is 3.69. The van der Waals surface area contributed by atoms with Gasteiger partial charge in [0.15, 0.2) is 0 Å². The fourth-order valence-corrected chi connectivity index (χ4v) is 2.47. The fourth-order valence-electron chi connectivity index (χ4n) is 2.47. The number of aryl methyl sites for hydroxylation is 1. The Hall–Kier alpha value is -1.68. The lowest BCUT2D eigenvalue weighted by molar-refractivity contribution is 0.498. The van der Waals surface area contributed by atoms with Crippen LogP contribution in [0.15, 0.2) is 30.7 Å². The molecule has 4 heteroatoms. The van der Waals surface area contributed by atoms with Crippen molar-refractivity contribution in [3.63, 3.8) is 0 Å². The Labute approximate surface area is 127 Å². The first-order chi connectivity index (χ1) is 10.1. The van der Waals surface area contributed by atoms with Gasteiger partial charge in [0.25, 0.3) is 0 Å². The molecule has 0 aliphatic heterocycles. The number of aromatic nitrogens is 3. The van der Waals surface area contributed by atoms with Crippen molar-refractivity contribution >= 4 is 0 Å². The summed E-state index contributed by atoms with van der Waals surface area (Å²) in [4.78, 5) is 4.19. The Morgan fingerprint density at radius 2 is 2.10 bits per heavy atom. The molecule has 0 aliphatic rings. The van der Waals surface area contributed by atoms with Crippen LogP contribution in [0.5, 0.6) is 0 Å². The zero-order valence-corrected chi connectivity index (χ0v) is 13.5. The molecule has 0 spiro atoms. The average molecular weight is 286 g/mol. The molecule has 1 unspecified atom stereocenters. The molecule has 0 saturated carbocycles. The van der Waals surface area contributed by atoms with Crippen molar-refractivity contribution in [3.05, 3.63) is 47.5 Å². The molecule has 0 saturated heterocycles. The van der Waals surface area contributed by atoms with Crippen molar-refractivity contribution < 1.29 is 0 Å². The number of hydrogen-bond acceptors (Lipinski definition) is 3. The molecule has 2 rings (SSSR count). The van der Waals surface area contributed by atoms with E-state index in [2.05, 4.69) is 61.4 Å². The largest absolute Gasteiger partial charge is 0.310 e. The summed E-state index contributed by atoms with van der Waals surface area (Å²) in [6.45, 7) is 9.62. The second-order valence-electron chi connectivity index (χ2n) is 5.82. The van der Waals surface area contributed by atoms with E-state index in [0.717, 1.165) is 25.1 Å². The lowest BCUT2D eigenvalue weighted by atomic mass is 9.99. The zero-order chi connectivity index (χ0) is 15.2. The van der Waals surface area contributed by atoms with Gasteiger partial charge in [-0.1, -0.05) is 6.92 Å². The van der Waals surface area contributed by atoms with Crippen LogP contribution in [0.3, 0.4) is 0 Å². The van der Waals surface area contributed by atoms with Gasteiger partial charge in [0, 0.05) is 37.1 Å². The van der Waals surface area contributed by atoms with E-state index < -0.39 is 0 Å². The van der Waals surface area contributed by atoms with Gasteiger partial charge >= 0.3 is 0 Å². The van der Waals surface area contributed by atoms with Crippen LogP contribution < -0.4 is 5.32 Å². The summed E-state index contributed by atoms with van der Waals surface area (Å²) in [6.07, 6.45) is 7.90. The van der Waals surface area contributed by atoms with Crippen molar-refractivity contribution in [2.24, 2.45) is 0 Å². The summed E-state index contributed by atoms with van der Waals surface area (Å²) >= 11 is 0. The smallest absolute Gasteiger partial charge is 0.0643 e. The van der Waals surface area contributed by atoms with E-state index in [1.165, 1.54) is 11.1 Å². The van der Waals surface area contributed by atoms with Crippen LogP contribution >= 0.6 is 0 Å². The normalized spacial score (nSPS) is 12.8. The summed E-state index contributed by atoms with van der Waals surface area (Å²) < 4.78 is 2.02. The number of nitrogens with one attached hydrogen (secondary N) is 1. The van der Waals surface area contributed by atoms with Gasteiger partial charge in [-0.15, -0.1) is 0 Å². The van der Waals surface area contributed by atoms with E-state index in [1.54, 1.807) is 0 Å². The number of hydrogen-bond donors (Lipinski definition) is 1. The molecule has 0 amide bonds. The lowest BCUT2D eigenvalue weighted by Crippen LogP contribution is -2.25. The van der Waals surface area contributed by atoms with Crippen LogP contribution in [-0.4, -0.2) is 21.3 Å². The molecule has 0 bridgehead atoms. The summed E-state index contributed by atoms with van der Waals surface area (Å²) in [5.74, 6) is 0. The van der Waals surface area contributed by atoms with Crippen molar-refractivity contribution in [2.75, 3.05) is 6.54 Å². The second-order valence-corrected chi connectivity index (χ2v) is 5.82. The van der Waals surface area contributed by atoms with Crippen LogP contribution in [0.2, 0.25) is 0 Å². The number of rotatable bonds is 7. The standard InChI is InChI=1S/C17H26N4/c1-5-8-19-17(16-6-9-18-12-14(16)4)11-15-7-10-21(20-15)13(2)3/h6-7,9-10,12-13,17,19H,5,8,11H2,1-4H3. The summed E-state index contributed by atoms with van der Waals surface area (Å²) in [5.41, 5.74) is 3.68. The molecular weight excluding hydrogens is 260 g/mol. The monoisotopic (exact) mass is 286 g/mol. The molecule has 0 fully saturated rings. The predicted molar refractivity (Wildman–Crippen MR) is 86.3 cm³/mol. The quantitative estimate of drug-likeness (QED) is 0.847. The summed E-state index contributed by atoms with van der Waals surface area (Å²) in [6, 6.07) is 4.94. The highest BCUT2D eigenvalue weighted by atomic mass is 15.3. The molecule has 1 atom stereocenters. The number of nitrogens with zero attached hydrogens (tertiary/aromatic N) is 3. The van der Waals surface area contributed by atoms with Gasteiger partial charge in [-0.05, 0) is 57.0 Å². The van der Waals surface area contributed by atoms with Gasteiger partial charge in [-0.3, -0.25) is 9.67 Å². The van der Waals surface area contributed by atoms with Crippen LogP contribution in [0, 0.1) is 6.92 Å². The first-order valence-corrected chi connectivity index (χ1v) is 7.79. The van der Waals surface area contributed by atoms with Crippen molar-refractivity contribution in [1.29, 1.82) is 0 Å². The zero-order valence-electron chi connectivity index (χ0n) is 13.5. The van der Waals surface area contributed by atoms with Crippen LogP contribution in [-0.2, 0) is 6.42 Å². The lowest BCUT2D eigenvalue weighted by Gasteiger charge is -2.20. The van der Waals surface area contributed by atoms with E-state index in [4.69, 9.17) is 0 Å². The molecule has 2 aromatic heterocycles. The summed E-state index contributed by atoms with van der Waals surface area (Å²) in [7, 11) is 0. The Balaban J connectivity index is 2.18. The highest BCUT2D eigenvalue weighted by Gasteiger charge is 2.15. The summed E-state index contributed by atoms with van der Waals surface area (Å²) in [5, 5.41) is 8.31. The average Bonchev–Trinajstić information content (AvgIpc) is 2.93. The van der Waals surface area contributed by atoms with Crippen LogP contribution in [0.4, 0.5) is 0 Å². The van der Waals surface area contributed by atoms with Gasteiger partial charge in [0.05, 0.1) is 5.69 Å². The van der Waals surface area contributed by atoms with Crippen molar-refractivity contribution in [2.45, 2.75) is 52.6 Å². The van der Waals surface area contributed by atoms with E-state index >= 15 is 0 Å². The van der Waals surface area contributed by atoms with E-state index in [-0.39, 0.29) is 0 Å². The maximum absolute atomic E-state index is 4.67. The third-order valence-corrected chi connectivity index (χ3v) is 3.69. The Morgan fingerprint density at radius 1 is 1.29 bits per heavy atom. The minimum Gasteiger partial charge on any atom is -0.310 e. The van der Waals surface area contributed by atoms with Crippen molar-refractivity contribution in [3.8, 4) is 0 Å². The third kappa shape index (κ3) is 4.14. The van der Waals surface area contributed by atoms with E-state index in [9.17, 15) is 0 Å². The highest BCUT2D eigenvalue weighted by molar-refractivity contribution is 5.26. The van der Waals surface area contributed by atoms with Crippen LogP contribution in [0.1, 0.15) is 56.1 Å². The van der Waals surface area contributed by atoms with Crippen LogP contribution in [0.25, 0.3) is 0 Å². The highest BCUT2D eigenvalue weighted by Crippen LogP contribution is 2.21.